The summed E-state index contributed by atoms with van der Waals surface area (Å²) < 4.78 is 23.1. The van der Waals surface area contributed by atoms with Crippen LogP contribution in [-0.4, -0.2) is 23.2 Å². The zero-order chi connectivity index (χ0) is 42.7. The Morgan fingerprint density at radius 2 is 1.66 bits per heavy atom. The summed E-state index contributed by atoms with van der Waals surface area (Å²) in [6, 6.07) is 39.2. The predicted molar refractivity (Wildman–Crippen MR) is 258 cm³/mol. The Morgan fingerprint density at radius 3 is 2.42 bits per heavy atom. The molecule has 5 heterocycles. The van der Waals surface area contributed by atoms with Crippen molar-refractivity contribution in [1.29, 1.82) is 0 Å². The number of pyridine rings is 2. The smallest absolute Gasteiger partial charge is 0.661 e. The van der Waals surface area contributed by atoms with Gasteiger partial charge in [0, 0.05) is 33.9 Å². The Balaban J connectivity index is 0.000000205. The van der Waals surface area contributed by atoms with Crippen molar-refractivity contribution in [1.82, 2.24) is 9.97 Å². The van der Waals surface area contributed by atoms with Gasteiger partial charge in [-0.15, -0.1) is 16.6 Å². The summed E-state index contributed by atoms with van der Waals surface area (Å²) in [5.74, 6) is 7.88. The first kappa shape index (κ1) is 43.8. The minimum absolute atomic E-state index is 0. The Bertz CT molecular complexity index is 3110. The number of aromatic nitrogens is 2. The molecule has 10 rings (SSSR count). The van der Waals surface area contributed by atoms with E-state index in [1.807, 2.05) is 24.5 Å². The maximum Gasteiger partial charge on any atom is 3.00 e. The van der Waals surface area contributed by atoms with E-state index in [4.69, 9.17) is 9.73 Å². The molecule has 9 heteroatoms. The molecule has 0 aliphatic carbocycles. The standard InChI is InChI=1S/C35H27N3OS.C18H23FGeN.Ir/c1-19(2)22-14-15-23-27-17-20(3)31(21(4)32(27)39-30(23)18-22)38-29-13-6-5-12-28(29)37-34(38)26-10-7-9-24-25-11-8-16-36-35(25)40-33(24)26;1-13(2)10-14-11-18(15-8-6-7-9-16(15)19)21-12-17(14)20(3,4)5;/h5-9,11-19,34H,1-4H3;6-7,9,11-13H,10H2,1-5H3;/q-2;-1;+3. The van der Waals surface area contributed by atoms with Crippen molar-refractivity contribution >= 4 is 88.3 Å². The fraction of sp³-hybridized carbons (Fsp3) is 0.245. The summed E-state index contributed by atoms with van der Waals surface area (Å²) in [4.78, 5) is 12.6. The maximum atomic E-state index is 13.9. The molecule has 9 aromatic rings. The van der Waals surface area contributed by atoms with E-state index in [2.05, 4.69) is 153 Å². The van der Waals surface area contributed by atoms with Gasteiger partial charge in [0.15, 0.2) is 0 Å². The third-order valence-corrected chi connectivity index (χ3v) is 17.2. The molecule has 5 aromatic carbocycles. The van der Waals surface area contributed by atoms with Crippen LogP contribution in [0.25, 0.3) is 58.8 Å². The van der Waals surface area contributed by atoms with Crippen molar-refractivity contribution in [3.05, 3.63) is 161 Å². The number of nitrogens with zero attached hydrogens (tertiary/aromatic N) is 4. The van der Waals surface area contributed by atoms with Crippen LogP contribution < -0.4 is 9.30 Å². The van der Waals surface area contributed by atoms with E-state index in [0.717, 1.165) is 61.4 Å². The molecule has 1 aliphatic heterocycles. The van der Waals surface area contributed by atoms with Gasteiger partial charge in [-0.2, -0.15) is 29.5 Å². The molecule has 1 aliphatic rings. The number of thiophene rings is 1. The van der Waals surface area contributed by atoms with Crippen molar-refractivity contribution in [3.8, 4) is 11.3 Å². The molecular formula is C53H50FGeIrN4OS. The fourth-order valence-electron chi connectivity index (χ4n) is 8.83. The van der Waals surface area contributed by atoms with Gasteiger partial charge in [-0.25, -0.2) is 4.98 Å². The average Bonchev–Trinajstić information content (AvgIpc) is 3.92. The van der Waals surface area contributed by atoms with Gasteiger partial charge >= 0.3 is 150 Å². The van der Waals surface area contributed by atoms with Gasteiger partial charge in [0.05, 0.1) is 0 Å². The Morgan fingerprint density at radius 1 is 0.855 bits per heavy atom. The van der Waals surface area contributed by atoms with Crippen molar-refractivity contribution in [2.24, 2.45) is 5.92 Å². The SMILES string of the molecule is CC(C)Cc1cc(-c2[c-]cccc2F)nc[c]1[Ge]([CH3])([CH3])[CH3].Cc1cc2c(oc3cc(C(C)C)ccc32)c(C)c1N1c2ccccc2[N-]C1c1[c-]ccc2c1sc1ncccc12.[Ir+3]. The summed E-state index contributed by atoms with van der Waals surface area (Å²) in [5, 5.41) is 9.99. The summed E-state index contributed by atoms with van der Waals surface area (Å²) >= 11 is -0.247. The zero-order valence-corrected chi connectivity index (χ0v) is 42.0. The summed E-state index contributed by atoms with van der Waals surface area (Å²) in [6.07, 6.45) is 4.61. The molecule has 0 N–H and O–H groups in total. The quantitative estimate of drug-likeness (QED) is 0.118. The molecule has 1 unspecified atom stereocenters. The first-order chi connectivity index (χ1) is 29.3. The molecule has 62 heavy (non-hydrogen) atoms. The van der Waals surface area contributed by atoms with Gasteiger partial charge in [-0.3, -0.25) is 0 Å². The second-order valence-electron chi connectivity index (χ2n) is 18.0. The third kappa shape index (κ3) is 8.00. The molecule has 0 spiro atoms. The minimum Gasteiger partial charge on any atom is -0.661 e. The molecule has 4 aromatic heterocycles. The Kier molecular flexibility index (Phi) is 12.3. The largest absolute Gasteiger partial charge is 3.00 e. The predicted octanol–water partition coefficient (Wildman–Crippen LogP) is 15.2. The second kappa shape index (κ2) is 17.4. The molecule has 0 bridgehead atoms. The van der Waals surface area contributed by atoms with Gasteiger partial charge in [-0.1, -0.05) is 54.9 Å². The third-order valence-electron chi connectivity index (χ3n) is 11.7. The number of rotatable bonds is 7. The fourth-order valence-corrected chi connectivity index (χ4v) is 13.3. The van der Waals surface area contributed by atoms with Gasteiger partial charge < -0.3 is 14.6 Å². The first-order valence-corrected chi connectivity index (χ1v) is 29.3. The van der Waals surface area contributed by atoms with Crippen molar-refractivity contribution in [2.75, 3.05) is 4.90 Å². The number of para-hydroxylation sites is 2. The van der Waals surface area contributed by atoms with E-state index in [1.165, 1.54) is 42.6 Å². The van der Waals surface area contributed by atoms with Crippen molar-refractivity contribution < 1.29 is 28.9 Å². The second-order valence-corrected chi connectivity index (χ2v) is 29.5. The molecule has 314 valence electrons. The first-order valence-electron chi connectivity index (χ1n) is 21.2. The molecular weight excluding hydrogens is 1020 g/mol. The number of hydrogen-bond acceptors (Lipinski definition) is 5. The number of benzene rings is 5. The summed E-state index contributed by atoms with van der Waals surface area (Å²) in [7, 11) is 0. The van der Waals surface area contributed by atoms with E-state index in [9.17, 15) is 4.39 Å². The number of aryl methyl sites for hydroxylation is 2. The molecule has 0 radical (unpaired) electrons. The van der Waals surface area contributed by atoms with Crippen LogP contribution in [0.1, 0.15) is 67.6 Å². The number of furan rings is 1. The minimum atomic E-state index is -1.97. The van der Waals surface area contributed by atoms with E-state index >= 15 is 0 Å². The van der Waals surface area contributed by atoms with Crippen molar-refractivity contribution in [3.63, 3.8) is 0 Å². The average molecular weight is 1070 g/mol. The van der Waals surface area contributed by atoms with Crippen LogP contribution in [0.3, 0.4) is 0 Å². The maximum absolute atomic E-state index is 13.9. The monoisotopic (exact) mass is 1080 g/mol. The normalized spacial score (nSPS) is 13.8. The van der Waals surface area contributed by atoms with Crippen LogP contribution in [0.2, 0.25) is 17.3 Å². The van der Waals surface area contributed by atoms with Gasteiger partial charge in [-0.05, 0) is 66.7 Å². The number of anilines is 2. The number of fused-ring (bicyclic) bond motifs is 7. The van der Waals surface area contributed by atoms with Gasteiger partial charge in [0.1, 0.15) is 16.0 Å². The van der Waals surface area contributed by atoms with E-state index in [1.54, 1.807) is 23.5 Å². The van der Waals surface area contributed by atoms with E-state index in [-0.39, 0.29) is 32.1 Å². The molecule has 0 saturated heterocycles. The van der Waals surface area contributed by atoms with Crippen LogP contribution in [0.4, 0.5) is 21.5 Å². The molecule has 0 fully saturated rings. The Hall–Kier alpha value is -4.86. The van der Waals surface area contributed by atoms with Crippen LogP contribution in [0.15, 0.2) is 114 Å². The van der Waals surface area contributed by atoms with Crippen LogP contribution in [-0.2, 0) is 26.5 Å². The van der Waals surface area contributed by atoms with Crippen LogP contribution in [0, 0.1) is 37.7 Å². The Labute approximate surface area is 384 Å². The molecule has 0 amide bonds. The topological polar surface area (TPSA) is 56.3 Å². The van der Waals surface area contributed by atoms with Gasteiger partial charge in [0.25, 0.3) is 0 Å². The molecule has 5 nitrogen and oxygen atoms in total. The van der Waals surface area contributed by atoms with Gasteiger partial charge in [0.2, 0.25) is 0 Å². The number of halogens is 1. The van der Waals surface area contributed by atoms with Crippen LogP contribution >= 0.6 is 11.3 Å². The zero-order valence-electron chi connectivity index (χ0n) is 36.6. The summed E-state index contributed by atoms with van der Waals surface area (Å²) in [6.45, 7) is 13.3. The van der Waals surface area contributed by atoms with E-state index < -0.39 is 13.3 Å². The number of hydrogen-bond donors (Lipinski definition) is 0. The molecule has 1 atom stereocenters. The molecule has 0 saturated carbocycles. The van der Waals surface area contributed by atoms with E-state index in [0.29, 0.717) is 23.1 Å². The van der Waals surface area contributed by atoms with Crippen molar-refractivity contribution in [2.45, 2.75) is 77.3 Å². The summed E-state index contributed by atoms with van der Waals surface area (Å²) in [5.41, 5.74) is 12.3. The van der Waals surface area contributed by atoms with Crippen LogP contribution in [0.5, 0.6) is 0 Å².